The molecule has 0 spiro atoms. The van der Waals surface area contributed by atoms with Crippen molar-refractivity contribution in [1.29, 1.82) is 0 Å². The Morgan fingerprint density at radius 3 is 2.84 bits per heavy atom. The molecule has 14 heteroatoms. The van der Waals surface area contributed by atoms with Crippen LogP contribution in [0.25, 0.3) is 0 Å². The lowest BCUT2D eigenvalue weighted by molar-refractivity contribution is -0.140. The minimum Gasteiger partial charge on any atom is -0.411 e. The minimum absolute atomic E-state index is 0.0841. The number of fused-ring (bicyclic) bond motifs is 2. The molecule has 3 heterocycles. The van der Waals surface area contributed by atoms with Crippen molar-refractivity contribution >= 4 is 28.0 Å². The van der Waals surface area contributed by atoms with Crippen molar-refractivity contribution in [2.24, 2.45) is 5.16 Å². The van der Waals surface area contributed by atoms with E-state index < -0.39 is 40.5 Å². The highest BCUT2D eigenvalue weighted by atomic mass is 32.3. The predicted octanol–water partition coefficient (Wildman–Crippen LogP) is -2.16. The van der Waals surface area contributed by atoms with E-state index in [-0.39, 0.29) is 13.0 Å². The first-order valence-corrected chi connectivity index (χ1v) is 8.80. The lowest BCUT2D eigenvalue weighted by Gasteiger charge is -2.29. The maximum Gasteiger partial charge on any atom is 0.418 e. The zero-order valence-electron chi connectivity index (χ0n) is 12.9. The van der Waals surface area contributed by atoms with E-state index in [0.717, 1.165) is 4.90 Å². The second-order valence-electron chi connectivity index (χ2n) is 5.81. The van der Waals surface area contributed by atoms with Gasteiger partial charge in [0, 0.05) is 19.6 Å². The molecule has 3 atom stereocenters. The summed E-state index contributed by atoms with van der Waals surface area (Å²) in [4.78, 5) is 30.8. The molecule has 0 aromatic carbocycles. The maximum absolute atomic E-state index is 12.3. The summed E-state index contributed by atoms with van der Waals surface area (Å²) in [6, 6.07) is -2.28. The fourth-order valence-electron chi connectivity index (χ4n) is 3.07. The highest BCUT2D eigenvalue weighted by molar-refractivity contribution is 7.80. The molecule has 0 aliphatic carbocycles. The number of urea groups is 1. The standard InChI is InChI=1S/C11H17N5O8S/c17-10(14-23-9-4-12-3-7(9)13-19)8-2-1-6-5-15(8)11(18)16(6)24-25(20,21)22/h6,8-9,12,19H,1-5H2,(H,14,17)(H,20,21,22)/b13-7+/t6-,8+,9?/m1/s1. The third-order valence-electron chi connectivity index (χ3n) is 4.24. The molecule has 0 aromatic heterocycles. The summed E-state index contributed by atoms with van der Waals surface area (Å²) in [5.41, 5.74) is 2.56. The molecule has 3 aliphatic heterocycles. The van der Waals surface area contributed by atoms with Gasteiger partial charge in [-0.1, -0.05) is 5.16 Å². The van der Waals surface area contributed by atoms with Crippen molar-refractivity contribution in [3.8, 4) is 0 Å². The van der Waals surface area contributed by atoms with Crippen LogP contribution in [0, 0.1) is 0 Å². The zero-order chi connectivity index (χ0) is 18.2. The van der Waals surface area contributed by atoms with Gasteiger partial charge in [0.1, 0.15) is 17.9 Å². The molecule has 3 aliphatic rings. The molecule has 1 unspecified atom stereocenters. The normalized spacial score (nSPS) is 31.0. The topological polar surface area (TPSA) is 170 Å². The van der Waals surface area contributed by atoms with Gasteiger partial charge in [0.2, 0.25) is 0 Å². The maximum atomic E-state index is 12.3. The first-order chi connectivity index (χ1) is 11.8. The van der Waals surface area contributed by atoms with Crippen LogP contribution >= 0.6 is 0 Å². The second kappa shape index (κ2) is 6.72. The summed E-state index contributed by atoms with van der Waals surface area (Å²) >= 11 is 0. The largest absolute Gasteiger partial charge is 0.418 e. The van der Waals surface area contributed by atoms with Crippen LogP contribution in [0.3, 0.4) is 0 Å². The molecule has 0 radical (unpaired) electrons. The molecule has 0 saturated carbocycles. The molecule has 4 N–H and O–H groups in total. The zero-order valence-corrected chi connectivity index (χ0v) is 13.7. The van der Waals surface area contributed by atoms with Crippen LogP contribution in [0.15, 0.2) is 5.16 Å². The van der Waals surface area contributed by atoms with E-state index in [9.17, 15) is 18.0 Å². The summed E-state index contributed by atoms with van der Waals surface area (Å²) in [7, 11) is -4.84. The fourth-order valence-corrected chi connectivity index (χ4v) is 3.46. The van der Waals surface area contributed by atoms with Crippen LogP contribution in [0.1, 0.15) is 12.8 Å². The number of hydrogen-bond donors (Lipinski definition) is 4. The van der Waals surface area contributed by atoms with E-state index >= 15 is 0 Å². The molecule has 3 amide bonds. The van der Waals surface area contributed by atoms with Crippen molar-refractivity contribution in [3.63, 3.8) is 0 Å². The average molecular weight is 379 g/mol. The van der Waals surface area contributed by atoms with Crippen LogP contribution < -0.4 is 10.8 Å². The van der Waals surface area contributed by atoms with Crippen molar-refractivity contribution in [2.75, 3.05) is 19.6 Å². The first-order valence-electron chi connectivity index (χ1n) is 7.44. The Labute approximate surface area is 142 Å². The number of carbonyl (C=O) groups excluding carboxylic acids is 2. The molecule has 2 bridgehead atoms. The Balaban J connectivity index is 1.60. The van der Waals surface area contributed by atoms with Gasteiger partial charge in [-0.3, -0.25) is 14.2 Å². The van der Waals surface area contributed by atoms with Gasteiger partial charge in [0.15, 0.2) is 0 Å². The van der Waals surface area contributed by atoms with Gasteiger partial charge >= 0.3 is 16.4 Å². The van der Waals surface area contributed by atoms with Gasteiger partial charge in [-0.15, -0.1) is 4.28 Å². The Morgan fingerprint density at radius 2 is 2.16 bits per heavy atom. The lowest BCUT2D eigenvalue weighted by Crippen LogP contribution is -2.50. The predicted molar refractivity (Wildman–Crippen MR) is 78.5 cm³/mol. The van der Waals surface area contributed by atoms with Gasteiger partial charge in [-0.25, -0.2) is 10.3 Å². The highest BCUT2D eigenvalue weighted by Crippen LogP contribution is 2.30. The molecular weight excluding hydrogens is 362 g/mol. The number of nitrogens with zero attached hydrogens (tertiary/aromatic N) is 3. The highest BCUT2D eigenvalue weighted by Gasteiger charge is 2.49. The summed E-state index contributed by atoms with van der Waals surface area (Å²) in [6.45, 7) is 0.764. The number of amides is 3. The van der Waals surface area contributed by atoms with Gasteiger partial charge < -0.3 is 15.4 Å². The minimum atomic E-state index is -4.84. The van der Waals surface area contributed by atoms with Crippen LogP contribution in [0.4, 0.5) is 4.79 Å². The number of carbonyl (C=O) groups is 2. The van der Waals surface area contributed by atoms with Gasteiger partial charge in [-0.05, 0) is 12.8 Å². The molecular formula is C11H17N5O8S. The van der Waals surface area contributed by atoms with Crippen LogP contribution in [-0.2, 0) is 24.3 Å². The van der Waals surface area contributed by atoms with Crippen molar-refractivity contribution < 1.29 is 36.9 Å². The summed E-state index contributed by atoms with van der Waals surface area (Å²) in [6.07, 6.45) is -0.0516. The fraction of sp³-hybridized carbons (Fsp3) is 0.727. The second-order valence-corrected chi connectivity index (χ2v) is 6.81. The van der Waals surface area contributed by atoms with Crippen LogP contribution in [0.5, 0.6) is 0 Å². The third-order valence-corrected chi connectivity index (χ3v) is 4.59. The van der Waals surface area contributed by atoms with E-state index in [1.54, 1.807) is 0 Å². The van der Waals surface area contributed by atoms with Crippen molar-refractivity contribution in [2.45, 2.75) is 31.0 Å². The van der Waals surface area contributed by atoms with Crippen molar-refractivity contribution in [3.05, 3.63) is 0 Å². The number of piperidine rings is 1. The molecule has 25 heavy (non-hydrogen) atoms. The summed E-state index contributed by atoms with van der Waals surface area (Å²) in [5.74, 6) is -0.593. The van der Waals surface area contributed by atoms with E-state index in [1.165, 1.54) is 0 Å². The Kier molecular flexibility index (Phi) is 4.79. The van der Waals surface area contributed by atoms with Gasteiger partial charge in [0.25, 0.3) is 5.91 Å². The van der Waals surface area contributed by atoms with Crippen molar-refractivity contribution in [1.82, 2.24) is 20.8 Å². The first kappa shape index (κ1) is 17.8. The molecule has 140 valence electrons. The van der Waals surface area contributed by atoms with Gasteiger partial charge in [-0.2, -0.15) is 13.5 Å². The van der Waals surface area contributed by atoms with Crippen LogP contribution in [-0.4, -0.2) is 83.6 Å². The third kappa shape index (κ3) is 3.67. The van der Waals surface area contributed by atoms with E-state index in [2.05, 4.69) is 20.2 Å². The number of hydrogen-bond acceptors (Lipinski definition) is 9. The molecule has 3 rings (SSSR count). The van der Waals surface area contributed by atoms with E-state index in [0.29, 0.717) is 30.3 Å². The molecule has 3 fully saturated rings. The summed E-state index contributed by atoms with van der Waals surface area (Å²) in [5, 5.41) is 15.3. The summed E-state index contributed by atoms with van der Waals surface area (Å²) < 4.78 is 34.7. The number of rotatable bonds is 5. The molecule has 3 saturated heterocycles. The SMILES string of the molecule is O=C(NOC1CNC/C1=N\O)[C@@H]1CC[C@@H]2CN1C(=O)N2OS(=O)(=O)O. The Bertz CT molecular complexity index is 697. The van der Waals surface area contributed by atoms with Crippen LogP contribution in [0.2, 0.25) is 0 Å². The number of hydroxylamine groups is 3. The average Bonchev–Trinajstić information content (AvgIpc) is 3.10. The number of oxime groups is 1. The molecule has 0 aromatic rings. The van der Waals surface area contributed by atoms with E-state index in [4.69, 9.17) is 14.6 Å². The number of nitrogens with one attached hydrogen (secondary N) is 2. The Hall–Kier alpha value is -2.00. The molecule has 13 nitrogen and oxygen atoms in total. The van der Waals surface area contributed by atoms with E-state index in [1.807, 2.05) is 0 Å². The monoisotopic (exact) mass is 379 g/mol. The smallest absolute Gasteiger partial charge is 0.411 e. The Morgan fingerprint density at radius 1 is 1.40 bits per heavy atom. The van der Waals surface area contributed by atoms with Gasteiger partial charge in [0.05, 0.1) is 6.04 Å². The lowest BCUT2D eigenvalue weighted by atomic mass is 10.0. The quantitative estimate of drug-likeness (QED) is 0.236.